The molecule has 5 nitrogen and oxygen atoms in total. The molecule has 4 rings (SSSR count). The zero-order valence-corrected chi connectivity index (χ0v) is 18.1. The molecule has 1 aromatic heterocycles. The third-order valence-electron chi connectivity index (χ3n) is 5.10. The molecule has 1 aliphatic rings. The zero-order chi connectivity index (χ0) is 20.4. The van der Waals surface area contributed by atoms with Gasteiger partial charge in [0.25, 0.3) is 0 Å². The summed E-state index contributed by atoms with van der Waals surface area (Å²) in [5.74, 6) is 0.835. The molecule has 0 radical (unpaired) electrons. The fourth-order valence-electron chi connectivity index (χ4n) is 3.48. The van der Waals surface area contributed by atoms with Gasteiger partial charge in [-0.2, -0.15) is 0 Å². The molecule has 0 atom stereocenters. The van der Waals surface area contributed by atoms with Crippen molar-refractivity contribution in [2.45, 2.75) is 20.4 Å². The predicted octanol–water partition coefficient (Wildman–Crippen LogP) is 5.52. The van der Waals surface area contributed by atoms with Crippen LogP contribution in [0.5, 0.6) is 0 Å². The number of rotatable bonds is 3. The number of anilines is 3. The van der Waals surface area contributed by atoms with Gasteiger partial charge in [0.15, 0.2) is 5.82 Å². The first kappa shape index (κ1) is 19.5. The first-order valence-electron chi connectivity index (χ1n) is 9.61. The molecule has 0 fully saturated rings. The lowest BCUT2D eigenvalue weighted by atomic mass is 10.1. The van der Waals surface area contributed by atoms with Gasteiger partial charge in [0, 0.05) is 36.0 Å². The number of aromatic nitrogens is 1. The second-order valence-corrected chi connectivity index (χ2v) is 8.15. The smallest absolute Gasteiger partial charge is 0.326 e. The third-order valence-corrected chi connectivity index (χ3v) is 5.99. The number of nitrogens with zero attached hydrogens (tertiary/aromatic N) is 3. The van der Waals surface area contributed by atoms with Crippen LogP contribution in [0.2, 0.25) is 0 Å². The highest BCUT2D eigenvalue weighted by Gasteiger charge is 2.28. The highest BCUT2D eigenvalue weighted by Crippen LogP contribution is 2.32. The number of benzene rings is 2. The fourth-order valence-corrected chi connectivity index (χ4v) is 3.73. The predicted molar refractivity (Wildman–Crippen MR) is 122 cm³/mol. The molecule has 0 bridgehead atoms. The number of hydrogen-bond donors (Lipinski definition) is 1. The van der Waals surface area contributed by atoms with Crippen LogP contribution in [0.25, 0.3) is 0 Å². The number of amides is 2. The van der Waals surface area contributed by atoms with E-state index in [1.165, 1.54) is 11.1 Å². The summed E-state index contributed by atoms with van der Waals surface area (Å²) in [7, 11) is 0. The van der Waals surface area contributed by atoms with Crippen molar-refractivity contribution >= 4 is 39.2 Å². The number of halogens is 1. The van der Waals surface area contributed by atoms with E-state index in [2.05, 4.69) is 62.3 Å². The van der Waals surface area contributed by atoms with Gasteiger partial charge in [0.05, 0.1) is 5.69 Å². The molecule has 1 N–H and O–H groups in total. The molecule has 6 heteroatoms. The van der Waals surface area contributed by atoms with E-state index in [0.29, 0.717) is 6.54 Å². The van der Waals surface area contributed by atoms with Gasteiger partial charge in [0.2, 0.25) is 0 Å². The van der Waals surface area contributed by atoms with Crippen LogP contribution in [0.4, 0.5) is 22.0 Å². The van der Waals surface area contributed by atoms with E-state index in [1.54, 1.807) is 11.1 Å². The van der Waals surface area contributed by atoms with E-state index in [0.717, 1.165) is 40.3 Å². The quantitative estimate of drug-likeness (QED) is 0.571. The van der Waals surface area contributed by atoms with Crippen molar-refractivity contribution in [3.8, 4) is 0 Å². The lowest BCUT2D eigenvalue weighted by Gasteiger charge is -2.36. The first-order chi connectivity index (χ1) is 14.0. The van der Waals surface area contributed by atoms with Crippen LogP contribution >= 0.6 is 15.9 Å². The van der Waals surface area contributed by atoms with E-state index in [4.69, 9.17) is 0 Å². The van der Waals surface area contributed by atoms with Crippen LogP contribution in [0.3, 0.4) is 0 Å². The number of urea groups is 1. The molecule has 148 valence electrons. The Kier molecular flexibility index (Phi) is 5.53. The van der Waals surface area contributed by atoms with Crippen molar-refractivity contribution in [1.82, 2.24) is 4.98 Å². The van der Waals surface area contributed by atoms with Crippen LogP contribution in [-0.2, 0) is 6.54 Å². The Balaban J connectivity index is 1.55. The largest absolute Gasteiger partial charge is 0.349 e. The monoisotopic (exact) mass is 450 g/mol. The van der Waals surface area contributed by atoms with Gasteiger partial charge in [0.1, 0.15) is 0 Å². The maximum absolute atomic E-state index is 13.0. The summed E-state index contributed by atoms with van der Waals surface area (Å²) in [4.78, 5) is 21.6. The molecular formula is C23H23BrN4O. The lowest BCUT2D eigenvalue weighted by molar-refractivity contribution is 0.256. The van der Waals surface area contributed by atoms with Crippen molar-refractivity contribution in [3.05, 3.63) is 82.0 Å². The second kappa shape index (κ2) is 8.25. The number of carbonyl (C=O) groups excluding carboxylic acids is 1. The van der Waals surface area contributed by atoms with Gasteiger partial charge in [-0.25, -0.2) is 9.78 Å². The summed E-state index contributed by atoms with van der Waals surface area (Å²) < 4.78 is 1.02. The molecule has 29 heavy (non-hydrogen) atoms. The fraction of sp³-hybridized carbons (Fsp3) is 0.217. The van der Waals surface area contributed by atoms with Crippen molar-refractivity contribution in [3.63, 3.8) is 0 Å². The molecular weight excluding hydrogens is 428 g/mol. The number of nitrogens with one attached hydrogen (secondary N) is 1. The van der Waals surface area contributed by atoms with Crippen molar-refractivity contribution in [2.24, 2.45) is 0 Å². The number of aryl methyl sites for hydroxylation is 2. The normalized spacial score (nSPS) is 13.2. The average Bonchev–Trinajstić information content (AvgIpc) is 2.72. The summed E-state index contributed by atoms with van der Waals surface area (Å²) in [6.45, 7) is 6.19. The molecule has 0 aliphatic carbocycles. The van der Waals surface area contributed by atoms with Crippen molar-refractivity contribution < 1.29 is 4.79 Å². The molecule has 2 aromatic carbocycles. The van der Waals surface area contributed by atoms with Gasteiger partial charge in [-0.05, 0) is 55.3 Å². The maximum Gasteiger partial charge on any atom is 0.326 e. The Hall–Kier alpha value is -2.86. The summed E-state index contributed by atoms with van der Waals surface area (Å²) in [5.41, 5.74) is 5.17. The Labute approximate surface area is 179 Å². The molecule has 0 unspecified atom stereocenters. The molecule has 0 saturated heterocycles. The van der Waals surface area contributed by atoms with Crippen LogP contribution in [0.15, 0.2) is 65.3 Å². The van der Waals surface area contributed by atoms with Gasteiger partial charge >= 0.3 is 6.03 Å². The van der Waals surface area contributed by atoms with E-state index in [9.17, 15) is 4.79 Å². The standard InChI is InChI=1S/C23H23BrN4O/c1-16-5-7-18(8-6-16)15-27-12-13-28(21-4-3-11-25-22(21)27)23(29)26-19-9-10-20(24)17(2)14-19/h3-11,14H,12-13,15H2,1-2H3,(H,26,29). The van der Waals surface area contributed by atoms with Crippen LogP contribution in [-0.4, -0.2) is 24.1 Å². The molecule has 0 saturated carbocycles. The maximum atomic E-state index is 13.0. The van der Waals surface area contributed by atoms with Gasteiger partial charge in [-0.15, -0.1) is 0 Å². The number of fused-ring (bicyclic) bond motifs is 1. The summed E-state index contributed by atoms with van der Waals surface area (Å²) >= 11 is 3.49. The Bertz CT molecular complexity index is 1040. The van der Waals surface area contributed by atoms with E-state index < -0.39 is 0 Å². The summed E-state index contributed by atoms with van der Waals surface area (Å²) in [6.07, 6.45) is 1.78. The van der Waals surface area contributed by atoms with E-state index in [1.807, 2.05) is 37.3 Å². The van der Waals surface area contributed by atoms with E-state index >= 15 is 0 Å². The van der Waals surface area contributed by atoms with E-state index in [-0.39, 0.29) is 6.03 Å². The molecule has 3 aromatic rings. The minimum Gasteiger partial charge on any atom is -0.349 e. The van der Waals surface area contributed by atoms with Crippen LogP contribution in [0, 0.1) is 13.8 Å². The number of pyridine rings is 1. The molecule has 2 heterocycles. The molecule has 2 amide bonds. The van der Waals surface area contributed by atoms with Gasteiger partial charge < -0.3 is 10.2 Å². The topological polar surface area (TPSA) is 48.5 Å². The Morgan fingerprint density at radius 2 is 1.90 bits per heavy atom. The Morgan fingerprint density at radius 3 is 2.66 bits per heavy atom. The first-order valence-corrected chi connectivity index (χ1v) is 10.4. The van der Waals surface area contributed by atoms with Gasteiger partial charge in [-0.3, -0.25) is 4.90 Å². The minimum atomic E-state index is -0.143. The average molecular weight is 451 g/mol. The van der Waals surface area contributed by atoms with Crippen molar-refractivity contribution in [1.29, 1.82) is 0 Å². The zero-order valence-electron chi connectivity index (χ0n) is 16.5. The van der Waals surface area contributed by atoms with Gasteiger partial charge in [-0.1, -0.05) is 45.8 Å². The van der Waals surface area contributed by atoms with Crippen LogP contribution < -0.4 is 15.1 Å². The SMILES string of the molecule is Cc1ccc(CN2CCN(C(=O)Nc3ccc(Br)c(C)c3)c3cccnc32)cc1. The number of hydrogen-bond acceptors (Lipinski definition) is 3. The third kappa shape index (κ3) is 4.27. The highest BCUT2D eigenvalue weighted by molar-refractivity contribution is 9.10. The molecule has 1 aliphatic heterocycles. The summed E-state index contributed by atoms with van der Waals surface area (Å²) in [5, 5.41) is 3.01. The highest BCUT2D eigenvalue weighted by atomic mass is 79.9. The minimum absolute atomic E-state index is 0.143. The lowest BCUT2D eigenvalue weighted by Crippen LogP contribution is -2.46. The van der Waals surface area contributed by atoms with Crippen molar-refractivity contribution in [2.75, 3.05) is 28.2 Å². The Morgan fingerprint density at radius 1 is 1.10 bits per heavy atom. The summed E-state index contributed by atoms with van der Waals surface area (Å²) in [6, 6.07) is 18.0. The second-order valence-electron chi connectivity index (χ2n) is 7.30. The van der Waals surface area contributed by atoms with Crippen LogP contribution in [0.1, 0.15) is 16.7 Å². The molecule has 0 spiro atoms. The number of carbonyl (C=O) groups is 1.